The smallest absolute Gasteiger partial charge is 0.329 e. The van der Waals surface area contributed by atoms with Crippen molar-refractivity contribution in [3.8, 4) is 0 Å². The molecular formula is C14H23NO5S. The number of nitrogens with one attached hydrogen (secondary N) is 1. The Morgan fingerprint density at radius 2 is 1.76 bits per heavy atom. The molecule has 2 fully saturated rings. The van der Waals surface area contributed by atoms with E-state index in [1.165, 1.54) is 0 Å². The van der Waals surface area contributed by atoms with Crippen molar-refractivity contribution in [3.63, 3.8) is 0 Å². The summed E-state index contributed by atoms with van der Waals surface area (Å²) in [6.07, 6.45) is 5.09. The number of hydrogen-bond acceptors (Lipinski definition) is 4. The molecule has 1 saturated carbocycles. The van der Waals surface area contributed by atoms with Gasteiger partial charge in [-0.1, -0.05) is 25.7 Å². The highest BCUT2D eigenvalue weighted by molar-refractivity contribution is 7.91. The van der Waals surface area contributed by atoms with E-state index in [1.54, 1.807) is 0 Å². The Balaban J connectivity index is 1.97. The third-order valence-corrected chi connectivity index (χ3v) is 6.38. The third kappa shape index (κ3) is 4.18. The summed E-state index contributed by atoms with van der Waals surface area (Å²) in [6, 6.07) is 0. The Kier molecular flexibility index (Phi) is 4.91. The van der Waals surface area contributed by atoms with Crippen molar-refractivity contribution in [2.75, 3.05) is 11.5 Å². The number of carbonyl (C=O) groups is 2. The van der Waals surface area contributed by atoms with Gasteiger partial charge in [0.25, 0.3) is 0 Å². The Morgan fingerprint density at radius 1 is 1.14 bits per heavy atom. The molecule has 1 atom stereocenters. The summed E-state index contributed by atoms with van der Waals surface area (Å²) >= 11 is 0. The number of carbonyl (C=O) groups excluding carboxylic acids is 1. The molecule has 2 N–H and O–H groups in total. The molecule has 0 aromatic carbocycles. The van der Waals surface area contributed by atoms with Crippen LogP contribution in [0.2, 0.25) is 0 Å². The minimum atomic E-state index is -3.01. The summed E-state index contributed by atoms with van der Waals surface area (Å²) in [7, 11) is -3.01. The number of amides is 1. The largest absolute Gasteiger partial charge is 0.480 e. The zero-order valence-electron chi connectivity index (χ0n) is 12.1. The highest BCUT2D eigenvalue weighted by Gasteiger charge is 2.40. The molecule has 0 aromatic heterocycles. The Labute approximate surface area is 125 Å². The summed E-state index contributed by atoms with van der Waals surface area (Å²) in [6.45, 7) is 0. The summed E-state index contributed by atoms with van der Waals surface area (Å²) in [5, 5.41) is 12.2. The van der Waals surface area contributed by atoms with Crippen molar-refractivity contribution in [2.24, 2.45) is 5.92 Å². The molecule has 1 unspecified atom stereocenters. The minimum Gasteiger partial charge on any atom is -0.480 e. The van der Waals surface area contributed by atoms with Crippen molar-refractivity contribution in [1.29, 1.82) is 0 Å². The van der Waals surface area contributed by atoms with Gasteiger partial charge in [-0.25, -0.2) is 13.2 Å². The van der Waals surface area contributed by atoms with Crippen molar-refractivity contribution < 1.29 is 23.1 Å². The van der Waals surface area contributed by atoms with Crippen LogP contribution in [-0.2, 0) is 19.4 Å². The van der Waals surface area contributed by atoms with Gasteiger partial charge in [0.05, 0.1) is 11.5 Å². The van der Waals surface area contributed by atoms with Crippen LogP contribution in [0.3, 0.4) is 0 Å². The molecule has 0 radical (unpaired) electrons. The number of aliphatic carboxylic acids is 1. The van der Waals surface area contributed by atoms with E-state index in [9.17, 15) is 23.1 Å². The first kappa shape index (κ1) is 16.3. The van der Waals surface area contributed by atoms with Gasteiger partial charge in [-0.2, -0.15) is 0 Å². The quantitative estimate of drug-likeness (QED) is 0.756. The normalized spacial score (nSPS) is 27.7. The van der Waals surface area contributed by atoms with E-state index in [4.69, 9.17) is 0 Å². The van der Waals surface area contributed by atoms with Gasteiger partial charge < -0.3 is 10.4 Å². The topological polar surface area (TPSA) is 101 Å². The first-order chi connectivity index (χ1) is 9.83. The van der Waals surface area contributed by atoms with Crippen molar-refractivity contribution in [2.45, 2.75) is 56.9 Å². The van der Waals surface area contributed by atoms with Gasteiger partial charge in [-0.15, -0.1) is 0 Å². The number of rotatable bonds is 4. The molecule has 1 heterocycles. The molecule has 1 amide bonds. The second-order valence-corrected chi connectivity index (χ2v) is 8.55. The maximum absolute atomic E-state index is 12.1. The van der Waals surface area contributed by atoms with Gasteiger partial charge in [0.15, 0.2) is 9.84 Å². The first-order valence-corrected chi connectivity index (χ1v) is 9.40. The second kappa shape index (κ2) is 6.34. The van der Waals surface area contributed by atoms with Gasteiger partial charge in [0.2, 0.25) is 5.91 Å². The van der Waals surface area contributed by atoms with Crippen LogP contribution in [0.4, 0.5) is 0 Å². The van der Waals surface area contributed by atoms with E-state index in [0.29, 0.717) is 19.3 Å². The fourth-order valence-corrected chi connectivity index (χ4v) is 5.20. The third-order valence-electron chi connectivity index (χ3n) is 4.55. The Bertz CT molecular complexity index is 505. The molecular weight excluding hydrogens is 294 g/mol. The summed E-state index contributed by atoms with van der Waals surface area (Å²) < 4.78 is 22.8. The van der Waals surface area contributed by atoms with E-state index in [2.05, 4.69) is 5.32 Å². The number of carboxylic acid groups (broad SMARTS) is 1. The van der Waals surface area contributed by atoms with E-state index in [0.717, 1.165) is 25.7 Å². The van der Waals surface area contributed by atoms with Gasteiger partial charge in [-0.05, 0) is 25.2 Å². The van der Waals surface area contributed by atoms with Crippen LogP contribution in [0.25, 0.3) is 0 Å². The van der Waals surface area contributed by atoms with Crippen LogP contribution in [0.15, 0.2) is 0 Å². The molecule has 21 heavy (non-hydrogen) atoms. The first-order valence-electron chi connectivity index (χ1n) is 7.58. The Morgan fingerprint density at radius 3 is 2.24 bits per heavy atom. The molecule has 2 aliphatic rings. The molecule has 1 aliphatic heterocycles. The minimum absolute atomic E-state index is 0.0422. The molecule has 0 bridgehead atoms. The highest BCUT2D eigenvalue weighted by atomic mass is 32.2. The fraction of sp³-hybridized carbons (Fsp3) is 0.857. The van der Waals surface area contributed by atoms with Crippen LogP contribution >= 0.6 is 0 Å². The zero-order chi connectivity index (χ0) is 15.5. The van der Waals surface area contributed by atoms with Gasteiger partial charge in [0, 0.05) is 6.42 Å². The maximum Gasteiger partial charge on any atom is 0.329 e. The van der Waals surface area contributed by atoms with Gasteiger partial charge >= 0.3 is 5.97 Å². The highest BCUT2D eigenvalue weighted by Crippen LogP contribution is 2.28. The predicted molar refractivity (Wildman–Crippen MR) is 77.6 cm³/mol. The zero-order valence-corrected chi connectivity index (χ0v) is 13.0. The molecule has 0 aromatic rings. The fourth-order valence-electron chi connectivity index (χ4n) is 3.34. The maximum atomic E-state index is 12.1. The number of hydrogen-bond donors (Lipinski definition) is 2. The van der Waals surface area contributed by atoms with Crippen LogP contribution < -0.4 is 5.32 Å². The van der Waals surface area contributed by atoms with Crippen molar-refractivity contribution >= 4 is 21.7 Å². The predicted octanol–water partition coefficient (Wildman–Crippen LogP) is 1.10. The molecule has 0 spiro atoms. The standard InChI is InChI=1S/C14H23NO5S/c16-12(9-11-5-8-21(19,20)10-11)15-14(13(17)18)6-3-1-2-4-7-14/h11H,1-10H2,(H,15,16)(H,17,18). The Hall–Kier alpha value is -1.11. The lowest BCUT2D eigenvalue weighted by Crippen LogP contribution is -2.54. The SMILES string of the molecule is O=C(CC1CCS(=O)(=O)C1)NC1(C(=O)O)CCCCCC1. The van der Waals surface area contributed by atoms with E-state index in [-0.39, 0.29) is 29.8 Å². The monoisotopic (exact) mass is 317 g/mol. The average Bonchev–Trinajstić information content (AvgIpc) is 2.61. The number of sulfone groups is 1. The molecule has 7 heteroatoms. The lowest BCUT2D eigenvalue weighted by Gasteiger charge is -2.29. The second-order valence-electron chi connectivity index (χ2n) is 6.32. The molecule has 2 rings (SSSR count). The van der Waals surface area contributed by atoms with E-state index < -0.39 is 21.3 Å². The van der Waals surface area contributed by atoms with Gasteiger partial charge in [-0.3, -0.25) is 4.79 Å². The van der Waals surface area contributed by atoms with Gasteiger partial charge in [0.1, 0.15) is 5.54 Å². The summed E-state index contributed by atoms with van der Waals surface area (Å²) in [5.74, 6) is -1.31. The lowest BCUT2D eigenvalue weighted by atomic mass is 9.89. The van der Waals surface area contributed by atoms with E-state index >= 15 is 0 Å². The molecule has 1 aliphatic carbocycles. The molecule has 6 nitrogen and oxygen atoms in total. The molecule has 1 saturated heterocycles. The average molecular weight is 317 g/mol. The van der Waals surface area contributed by atoms with Crippen LogP contribution in [0.1, 0.15) is 51.4 Å². The summed E-state index contributed by atoms with van der Waals surface area (Å²) in [4.78, 5) is 23.7. The van der Waals surface area contributed by atoms with Crippen molar-refractivity contribution in [1.82, 2.24) is 5.32 Å². The lowest BCUT2D eigenvalue weighted by molar-refractivity contribution is -0.148. The molecule has 120 valence electrons. The van der Waals surface area contributed by atoms with Crippen LogP contribution in [0.5, 0.6) is 0 Å². The van der Waals surface area contributed by atoms with Crippen LogP contribution in [0, 0.1) is 5.92 Å². The number of carboxylic acids is 1. The van der Waals surface area contributed by atoms with Crippen molar-refractivity contribution in [3.05, 3.63) is 0 Å². The summed E-state index contributed by atoms with van der Waals surface area (Å²) in [5.41, 5.74) is -1.16. The van der Waals surface area contributed by atoms with Crippen LogP contribution in [-0.4, -0.2) is 42.4 Å². The van der Waals surface area contributed by atoms with E-state index in [1.807, 2.05) is 0 Å².